The van der Waals surface area contributed by atoms with Gasteiger partial charge in [0.2, 0.25) is 0 Å². The van der Waals surface area contributed by atoms with E-state index in [1.54, 1.807) is 6.07 Å². The molecule has 1 unspecified atom stereocenters. The lowest BCUT2D eigenvalue weighted by Gasteiger charge is -2.16. The molecule has 0 bridgehead atoms. The van der Waals surface area contributed by atoms with E-state index >= 15 is 0 Å². The van der Waals surface area contributed by atoms with Crippen molar-refractivity contribution in [2.75, 3.05) is 25.9 Å². The summed E-state index contributed by atoms with van der Waals surface area (Å²) in [6, 6.07) is 4.71. The van der Waals surface area contributed by atoms with Gasteiger partial charge in [-0.05, 0) is 38.2 Å². The highest BCUT2D eigenvalue weighted by Crippen LogP contribution is 2.32. The maximum Gasteiger partial charge on any atom is 0.313 e. The molecule has 0 aliphatic carbocycles. The Morgan fingerprint density at radius 2 is 2.38 bits per heavy atom. The maximum absolute atomic E-state index is 13.6. The Bertz CT molecular complexity index is 688. The molecule has 0 amide bonds. The standard InChI is InChI=1S/C14H16FN3O2S/c1-17-5-4-10(7-17)18-12-6-9(15)2-3-11(12)16-14(18)21-8-13(19)20/h2-3,6,10H,4-5,7-8H2,1H3,(H,19,20). The number of likely N-dealkylation sites (tertiary alicyclic amines) is 1. The first-order valence-corrected chi connectivity index (χ1v) is 7.74. The minimum Gasteiger partial charge on any atom is -0.481 e. The average molecular weight is 309 g/mol. The van der Waals surface area contributed by atoms with Crippen molar-refractivity contribution < 1.29 is 14.3 Å². The number of rotatable bonds is 4. The minimum absolute atomic E-state index is 0.0473. The van der Waals surface area contributed by atoms with E-state index in [1.807, 2.05) is 11.6 Å². The summed E-state index contributed by atoms with van der Waals surface area (Å²) in [7, 11) is 2.05. The molecule has 21 heavy (non-hydrogen) atoms. The van der Waals surface area contributed by atoms with E-state index in [1.165, 1.54) is 23.9 Å². The highest BCUT2D eigenvalue weighted by Gasteiger charge is 2.26. The molecular formula is C14H16FN3O2S. The summed E-state index contributed by atoms with van der Waals surface area (Å²) in [5.41, 5.74) is 1.45. The third-order valence-electron chi connectivity index (χ3n) is 3.68. The first-order valence-electron chi connectivity index (χ1n) is 6.75. The molecule has 1 aromatic heterocycles. The van der Waals surface area contributed by atoms with Gasteiger partial charge >= 0.3 is 5.97 Å². The van der Waals surface area contributed by atoms with Crippen molar-refractivity contribution in [3.05, 3.63) is 24.0 Å². The quantitative estimate of drug-likeness (QED) is 0.878. The van der Waals surface area contributed by atoms with Crippen LogP contribution in [0.25, 0.3) is 11.0 Å². The first-order chi connectivity index (χ1) is 10.0. The Hall–Kier alpha value is -1.60. The molecule has 1 aliphatic heterocycles. The lowest BCUT2D eigenvalue weighted by Crippen LogP contribution is -2.17. The fourth-order valence-corrected chi connectivity index (χ4v) is 3.55. The number of halogens is 1. The number of imidazole rings is 1. The van der Waals surface area contributed by atoms with Crippen LogP contribution in [-0.4, -0.2) is 51.4 Å². The van der Waals surface area contributed by atoms with Crippen molar-refractivity contribution >= 4 is 28.8 Å². The van der Waals surface area contributed by atoms with Crippen LogP contribution in [0.3, 0.4) is 0 Å². The molecule has 2 aromatic rings. The monoisotopic (exact) mass is 309 g/mol. The number of carboxylic acids is 1. The predicted molar refractivity (Wildman–Crippen MR) is 79.2 cm³/mol. The number of nitrogens with zero attached hydrogens (tertiary/aromatic N) is 3. The summed E-state index contributed by atoms with van der Waals surface area (Å²) in [4.78, 5) is 17.5. The molecule has 2 heterocycles. The summed E-state index contributed by atoms with van der Waals surface area (Å²) in [6.45, 7) is 1.84. The van der Waals surface area contributed by atoms with Gasteiger partial charge in [0.25, 0.3) is 0 Å². The molecule has 7 heteroatoms. The number of aromatic nitrogens is 2. The fraction of sp³-hybridized carbons (Fsp3) is 0.429. The molecule has 5 nitrogen and oxygen atoms in total. The lowest BCUT2D eigenvalue weighted by molar-refractivity contribution is -0.133. The Kier molecular flexibility index (Phi) is 3.86. The van der Waals surface area contributed by atoms with Crippen molar-refractivity contribution in [3.63, 3.8) is 0 Å². The average Bonchev–Trinajstić information content (AvgIpc) is 2.99. The van der Waals surface area contributed by atoms with Crippen molar-refractivity contribution in [2.24, 2.45) is 0 Å². The number of likely N-dealkylation sites (N-methyl/N-ethyl adjacent to an activating group) is 1. The van der Waals surface area contributed by atoms with Gasteiger partial charge in [0.15, 0.2) is 5.16 Å². The largest absolute Gasteiger partial charge is 0.481 e. The normalized spacial score (nSPS) is 19.4. The number of fused-ring (bicyclic) bond motifs is 1. The van der Waals surface area contributed by atoms with E-state index < -0.39 is 5.97 Å². The van der Waals surface area contributed by atoms with Crippen LogP contribution in [0, 0.1) is 5.82 Å². The highest BCUT2D eigenvalue weighted by atomic mass is 32.2. The number of carbonyl (C=O) groups is 1. The summed E-state index contributed by atoms with van der Waals surface area (Å²) >= 11 is 1.19. The van der Waals surface area contributed by atoms with Crippen LogP contribution < -0.4 is 0 Å². The summed E-state index contributed by atoms with van der Waals surface area (Å²) in [5, 5.41) is 9.52. The van der Waals surface area contributed by atoms with E-state index in [4.69, 9.17) is 5.11 Å². The summed E-state index contributed by atoms with van der Waals surface area (Å²) < 4.78 is 15.5. The third-order valence-corrected chi connectivity index (χ3v) is 4.61. The Morgan fingerprint density at radius 1 is 1.57 bits per heavy atom. The van der Waals surface area contributed by atoms with Gasteiger partial charge in [-0.25, -0.2) is 9.37 Å². The van der Waals surface area contributed by atoms with Gasteiger partial charge in [-0.2, -0.15) is 0 Å². The van der Waals surface area contributed by atoms with E-state index in [0.717, 1.165) is 25.0 Å². The van der Waals surface area contributed by atoms with Crippen molar-refractivity contribution in [1.82, 2.24) is 14.5 Å². The van der Waals surface area contributed by atoms with Crippen LogP contribution in [0.1, 0.15) is 12.5 Å². The van der Waals surface area contributed by atoms with E-state index in [2.05, 4.69) is 9.88 Å². The van der Waals surface area contributed by atoms with E-state index in [9.17, 15) is 9.18 Å². The van der Waals surface area contributed by atoms with E-state index in [-0.39, 0.29) is 17.6 Å². The molecule has 0 spiro atoms. The number of carboxylic acid groups (broad SMARTS) is 1. The number of hydrogen-bond acceptors (Lipinski definition) is 4. The Labute approximate surface area is 125 Å². The first kappa shape index (κ1) is 14.3. The molecular weight excluding hydrogens is 293 g/mol. The van der Waals surface area contributed by atoms with Crippen LogP contribution in [0.2, 0.25) is 0 Å². The Morgan fingerprint density at radius 3 is 3.05 bits per heavy atom. The molecule has 1 aliphatic rings. The van der Waals surface area contributed by atoms with Crippen LogP contribution in [-0.2, 0) is 4.79 Å². The summed E-state index contributed by atoms with van der Waals surface area (Å²) in [6.07, 6.45) is 0.957. The van der Waals surface area contributed by atoms with E-state index in [0.29, 0.717) is 10.7 Å². The van der Waals surface area contributed by atoms with Gasteiger partial charge in [-0.1, -0.05) is 11.8 Å². The van der Waals surface area contributed by atoms with Crippen molar-refractivity contribution in [1.29, 1.82) is 0 Å². The van der Waals surface area contributed by atoms with Crippen LogP contribution in [0.15, 0.2) is 23.4 Å². The van der Waals surface area contributed by atoms with Crippen molar-refractivity contribution in [2.45, 2.75) is 17.6 Å². The van der Waals surface area contributed by atoms with Crippen molar-refractivity contribution in [3.8, 4) is 0 Å². The molecule has 1 N–H and O–H groups in total. The number of benzene rings is 1. The third kappa shape index (κ3) is 2.89. The smallest absolute Gasteiger partial charge is 0.313 e. The van der Waals surface area contributed by atoms with Gasteiger partial charge in [0, 0.05) is 6.54 Å². The van der Waals surface area contributed by atoms with Gasteiger partial charge in [0.05, 0.1) is 22.8 Å². The van der Waals surface area contributed by atoms with Crippen LogP contribution in [0.4, 0.5) is 4.39 Å². The SMILES string of the molecule is CN1CCC(n2c(SCC(=O)O)nc3ccc(F)cc32)C1. The second-order valence-corrected chi connectivity index (χ2v) is 6.23. The van der Waals surface area contributed by atoms with Crippen LogP contribution in [0.5, 0.6) is 0 Å². The lowest BCUT2D eigenvalue weighted by atomic mass is 10.2. The van der Waals surface area contributed by atoms with Gasteiger partial charge < -0.3 is 14.6 Å². The maximum atomic E-state index is 13.6. The number of thioether (sulfide) groups is 1. The molecule has 1 aromatic carbocycles. The zero-order chi connectivity index (χ0) is 15.0. The predicted octanol–water partition coefficient (Wildman–Crippen LogP) is 2.23. The minimum atomic E-state index is -0.881. The Balaban J connectivity index is 2.05. The molecule has 0 saturated carbocycles. The zero-order valence-electron chi connectivity index (χ0n) is 11.6. The van der Waals surface area contributed by atoms with Gasteiger partial charge in [-0.3, -0.25) is 4.79 Å². The molecule has 1 saturated heterocycles. The number of aliphatic carboxylic acids is 1. The molecule has 1 fully saturated rings. The second-order valence-electron chi connectivity index (χ2n) is 5.28. The van der Waals surface area contributed by atoms with Crippen LogP contribution >= 0.6 is 11.8 Å². The topological polar surface area (TPSA) is 58.4 Å². The number of hydrogen-bond donors (Lipinski definition) is 1. The molecule has 3 rings (SSSR count). The molecule has 0 radical (unpaired) electrons. The molecule has 1 atom stereocenters. The van der Waals surface area contributed by atoms with Gasteiger partial charge in [-0.15, -0.1) is 0 Å². The fourth-order valence-electron chi connectivity index (χ4n) is 2.75. The summed E-state index contributed by atoms with van der Waals surface area (Å²) in [5.74, 6) is -1.23. The second kappa shape index (κ2) is 5.65. The molecule has 112 valence electrons. The van der Waals surface area contributed by atoms with Gasteiger partial charge in [0.1, 0.15) is 5.82 Å². The zero-order valence-corrected chi connectivity index (χ0v) is 12.4. The highest BCUT2D eigenvalue weighted by molar-refractivity contribution is 7.99.